The third-order valence-electron chi connectivity index (χ3n) is 3.26. The number of fused-ring (bicyclic) bond motifs is 1. The molecule has 2 aromatic rings. The Morgan fingerprint density at radius 2 is 1.90 bits per heavy atom. The molecule has 0 fully saturated rings. The van der Waals surface area contributed by atoms with E-state index in [1.165, 1.54) is 18.2 Å². The largest absolute Gasteiger partial charge is 0.504 e. The molecule has 1 heterocycles. The zero-order chi connectivity index (χ0) is 14.7. The maximum atomic E-state index is 11.6. The summed E-state index contributed by atoms with van der Waals surface area (Å²) in [6.07, 6.45) is 2.19. The maximum absolute atomic E-state index is 11.6. The zero-order valence-electron chi connectivity index (χ0n) is 11.7. The van der Waals surface area contributed by atoms with Gasteiger partial charge < -0.3 is 19.5 Å². The van der Waals surface area contributed by atoms with Crippen LogP contribution in [0.5, 0.6) is 11.5 Å². The number of aromatic hydroxyl groups is 2. The predicted octanol–water partition coefficient (Wildman–Crippen LogP) is 2.44. The summed E-state index contributed by atoms with van der Waals surface area (Å²) in [6, 6.07) is 4.12. The van der Waals surface area contributed by atoms with Crippen molar-refractivity contribution in [2.45, 2.75) is 26.3 Å². The van der Waals surface area contributed by atoms with Crippen molar-refractivity contribution in [3.05, 3.63) is 34.2 Å². The minimum atomic E-state index is -0.457. The van der Waals surface area contributed by atoms with Crippen LogP contribution in [-0.4, -0.2) is 28.7 Å². The lowest BCUT2D eigenvalue weighted by atomic mass is 10.1. The van der Waals surface area contributed by atoms with Crippen LogP contribution in [0.25, 0.3) is 11.0 Å². The summed E-state index contributed by atoms with van der Waals surface area (Å²) in [5, 5.41) is 19.7. The normalized spacial score (nSPS) is 11.3. The second-order valence-corrected chi connectivity index (χ2v) is 5.02. The average molecular weight is 277 g/mol. The van der Waals surface area contributed by atoms with Crippen molar-refractivity contribution in [3.63, 3.8) is 0 Å². The molecular formula is C15H19NO4. The fraction of sp³-hybridized carbons (Fsp3) is 0.400. The number of phenolic OH excluding ortho intramolecular Hbond substituents is 2. The highest BCUT2D eigenvalue weighted by Gasteiger charge is 2.11. The van der Waals surface area contributed by atoms with Crippen LogP contribution in [0.1, 0.15) is 25.3 Å². The fourth-order valence-corrected chi connectivity index (χ4v) is 2.18. The SMILES string of the molecule is CCCCN(C)Cc1cc(=O)oc2cc(O)c(O)cc12. The van der Waals surface area contributed by atoms with E-state index in [1.807, 2.05) is 7.05 Å². The van der Waals surface area contributed by atoms with Crippen molar-refractivity contribution in [1.29, 1.82) is 0 Å². The van der Waals surface area contributed by atoms with E-state index in [4.69, 9.17) is 4.42 Å². The van der Waals surface area contributed by atoms with Gasteiger partial charge in [0.25, 0.3) is 0 Å². The van der Waals surface area contributed by atoms with Crippen LogP contribution in [0.3, 0.4) is 0 Å². The van der Waals surface area contributed by atoms with Crippen LogP contribution in [0.15, 0.2) is 27.4 Å². The second-order valence-electron chi connectivity index (χ2n) is 5.02. The number of benzene rings is 1. The molecule has 0 bridgehead atoms. The van der Waals surface area contributed by atoms with E-state index in [2.05, 4.69) is 11.8 Å². The van der Waals surface area contributed by atoms with Crippen LogP contribution in [0.4, 0.5) is 0 Å². The van der Waals surface area contributed by atoms with Gasteiger partial charge in [0.15, 0.2) is 11.5 Å². The van der Waals surface area contributed by atoms with E-state index >= 15 is 0 Å². The van der Waals surface area contributed by atoms with Gasteiger partial charge >= 0.3 is 5.63 Å². The highest BCUT2D eigenvalue weighted by Crippen LogP contribution is 2.31. The molecule has 0 amide bonds. The lowest BCUT2D eigenvalue weighted by molar-refractivity contribution is 0.321. The van der Waals surface area contributed by atoms with Gasteiger partial charge in [-0.25, -0.2) is 4.79 Å². The van der Waals surface area contributed by atoms with E-state index in [1.54, 1.807) is 0 Å². The van der Waals surface area contributed by atoms with Crippen molar-refractivity contribution in [3.8, 4) is 11.5 Å². The van der Waals surface area contributed by atoms with Gasteiger partial charge in [-0.1, -0.05) is 13.3 Å². The van der Waals surface area contributed by atoms with Crippen LogP contribution in [0, 0.1) is 0 Å². The molecule has 0 aliphatic heterocycles. The van der Waals surface area contributed by atoms with Gasteiger partial charge in [0, 0.05) is 24.1 Å². The Morgan fingerprint density at radius 3 is 2.60 bits per heavy atom. The number of nitrogens with zero attached hydrogens (tertiary/aromatic N) is 1. The molecule has 5 nitrogen and oxygen atoms in total. The Kier molecular flexibility index (Phi) is 4.29. The third-order valence-corrected chi connectivity index (χ3v) is 3.26. The van der Waals surface area contributed by atoms with Gasteiger partial charge in [-0.15, -0.1) is 0 Å². The van der Waals surface area contributed by atoms with Gasteiger partial charge in [0.1, 0.15) is 5.58 Å². The highest BCUT2D eigenvalue weighted by molar-refractivity contribution is 5.83. The number of hydrogen-bond donors (Lipinski definition) is 2. The van der Waals surface area contributed by atoms with Crippen molar-refractivity contribution in [1.82, 2.24) is 4.90 Å². The smallest absolute Gasteiger partial charge is 0.336 e. The van der Waals surface area contributed by atoms with Gasteiger partial charge in [0.2, 0.25) is 0 Å². The molecule has 0 saturated carbocycles. The summed E-state index contributed by atoms with van der Waals surface area (Å²) in [4.78, 5) is 13.7. The predicted molar refractivity (Wildman–Crippen MR) is 77.1 cm³/mol. The Morgan fingerprint density at radius 1 is 1.20 bits per heavy atom. The van der Waals surface area contributed by atoms with Gasteiger partial charge in [-0.2, -0.15) is 0 Å². The quantitative estimate of drug-likeness (QED) is 0.648. The molecule has 2 N–H and O–H groups in total. The maximum Gasteiger partial charge on any atom is 0.336 e. The lowest BCUT2D eigenvalue weighted by Gasteiger charge is -2.17. The average Bonchev–Trinajstić information content (AvgIpc) is 2.38. The summed E-state index contributed by atoms with van der Waals surface area (Å²) in [6.45, 7) is 3.65. The molecule has 1 aromatic carbocycles. The number of rotatable bonds is 5. The van der Waals surface area contributed by atoms with E-state index in [0.29, 0.717) is 11.9 Å². The fourth-order valence-electron chi connectivity index (χ4n) is 2.18. The zero-order valence-corrected chi connectivity index (χ0v) is 11.7. The molecular weight excluding hydrogens is 258 g/mol. The van der Waals surface area contributed by atoms with Gasteiger partial charge in [-0.3, -0.25) is 0 Å². The second kappa shape index (κ2) is 5.96. The highest BCUT2D eigenvalue weighted by atomic mass is 16.4. The van der Waals surface area contributed by atoms with Crippen LogP contribution < -0.4 is 5.63 Å². The Labute approximate surface area is 117 Å². The van der Waals surface area contributed by atoms with E-state index in [-0.39, 0.29) is 17.1 Å². The molecule has 0 aliphatic carbocycles. The minimum Gasteiger partial charge on any atom is -0.504 e. The summed E-state index contributed by atoms with van der Waals surface area (Å²) in [5.41, 5.74) is 0.610. The minimum absolute atomic E-state index is 0.219. The first-order valence-electron chi connectivity index (χ1n) is 6.68. The summed E-state index contributed by atoms with van der Waals surface area (Å²) in [7, 11) is 1.98. The Balaban J connectivity index is 2.41. The topological polar surface area (TPSA) is 73.9 Å². The van der Waals surface area contributed by atoms with E-state index < -0.39 is 5.63 Å². The molecule has 0 aliphatic rings. The number of phenols is 2. The third kappa shape index (κ3) is 3.11. The summed E-state index contributed by atoms with van der Waals surface area (Å²) in [5.74, 6) is -0.513. The first-order chi connectivity index (χ1) is 9.51. The van der Waals surface area contributed by atoms with Crippen LogP contribution >= 0.6 is 0 Å². The van der Waals surface area contributed by atoms with E-state index in [0.717, 1.165) is 24.9 Å². The monoisotopic (exact) mass is 277 g/mol. The van der Waals surface area contributed by atoms with Crippen LogP contribution in [-0.2, 0) is 6.54 Å². The molecule has 108 valence electrons. The molecule has 20 heavy (non-hydrogen) atoms. The number of hydrogen-bond acceptors (Lipinski definition) is 5. The Hall–Kier alpha value is -2.01. The summed E-state index contributed by atoms with van der Waals surface area (Å²) < 4.78 is 5.06. The van der Waals surface area contributed by atoms with Crippen LogP contribution in [0.2, 0.25) is 0 Å². The van der Waals surface area contributed by atoms with Crippen molar-refractivity contribution >= 4 is 11.0 Å². The molecule has 5 heteroatoms. The molecule has 0 radical (unpaired) electrons. The molecule has 2 rings (SSSR count). The van der Waals surface area contributed by atoms with Crippen molar-refractivity contribution < 1.29 is 14.6 Å². The number of unbranched alkanes of at least 4 members (excludes halogenated alkanes) is 1. The molecule has 0 atom stereocenters. The standard InChI is InChI=1S/C15H19NO4/c1-3-4-5-16(2)9-10-6-15(19)20-14-8-13(18)12(17)7-11(10)14/h6-8,17-18H,3-5,9H2,1-2H3. The van der Waals surface area contributed by atoms with Crippen molar-refractivity contribution in [2.75, 3.05) is 13.6 Å². The van der Waals surface area contributed by atoms with Gasteiger partial charge in [-0.05, 0) is 31.6 Å². The van der Waals surface area contributed by atoms with E-state index in [9.17, 15) is 15.0 Å². The lowest BCUT2D eigenvalue weighted by Crippen LogP contribution is -2.20. The molecule has 0 spiro atoms. The summed E-state index contributed by atoms with van der Waals surface area (Å²) >= 11 is 0. The molecule has 0 saturated heterocycles. The Bertz CT molecular complexity index is 663. The van der Waals surface area contributed by atoms with Gasteiger partial charge in [0.05, 0.1) is 0 Å². The first-order valence-corrected chi connectivity index (χ1v) is 6.68. The van der Waals surface area contributed by atoms with Crippen molar-refractivity contribution in [2.24, 2.45) is 0 Å². The molecule has 1 aromatic heterocycles. The molecule has 0 unspecified atom stereocenters. The first kappa shape index (κ1) is 14.4.